The van der Waals surface area contributed by atoms with E-state index < -0.39 is 0 Å². The van der Waals surface area contributed by atoms with E-state index >= 15 is 0 Å². The van der Waals surface area contributed by atoms with Gasteiger partial charge >= 0.3 is 0 Å². The Morgan fingerprint density at radius 3 is 2.56 bits per heavy atom. The summed E-state index contributed by atoms with van der Waals surface area (Å²) in [6, 6.07) is 8.59. The smallest absolute Gasteiger partial charge is 0.0725 e. The fourth-order valence-electron chi connectivity index (χ4n) is 2.06. The molecular weight excluding hydrogens is 196 g/mol. The summed E-state index contributed by atoms with van der Waals surface area (Å²) in [4.78, 5) is 6.76. The molecule has 0 spiro atoms. The molecule has 0 N–H and O–H groups in total. The average molecular weight is 214 g/mol. The van der Waals surface area contributed by atoms with Crippen molar-refractivity contribution in [2.45, 2.75) is 20.8 Å². The van der Waals surface area contributed by atoms with Crippen LogP contribution in [0.2, 0.25) is 0 Å². The van der Waals surface area contributed by atoms with Crippen LogP contribution in [0.1, 0.15) is 19.4 Å². The molecule has 0 unspecified atom stereocenters. The summed E-state index contributed by atoms with van der Waals surface area (Å²) < 4.78 is 0. The second-order valence-electron chi connectivity index (χ2n) is 4.00. The predicted octanol–water partition coefficient (Wildman–Crippen LogP) is 3.39. The molecule has 1 aromatic heterocycles. The van der Waals surface area contributed by atoms with Crippen LogP contribution in [0.3, 0.4) is 0 Å². The molecule has 0 amide bonds. The monoisotopic (exact) mass is 214 g/mol. The summed E-state index contributed by atoms with van der Waals surface area (Å²) in [6.45, 7) is 8.55. The fraction of sp³-hybridized carbons (Fsp3) is 0.357. The number of benzene rings is 1. The van der Waals surface area contributed by atoms with E-state index in [2.05, 4.69) is 54.9 Å². The van der Waals surface area contributed by atoms with Crippen LogP contribution in [-0.2, 0) is 0 Å². The highest BCUT2D eigenvalue weighted by molar-refractivity contribution is 5.85. The number of pyridine rings is 1. The van der Waals surface area contributed by atoms with Crippen molar-refractivity contribution in [2.75, 3.05) is 18.0 Å². The molecule has 0 bridgehead atoms. The van der Waals surface area contributed by atoms with Crippen LogP contribution >= 0.6 is 0 Å². The Morgan fingerprint density at radius 1 is 1.12 bits per heavy atom. The number of nitrogens with zero attached hydrogens (tertiary/aromatic N) is 2. The maximum absolute atomic E-state index is 4.43. The molecule has 0 aliphatic heterocycles. The summed E-state index contributed by atoms with van der Waals surface area (Å²) >= 11 is 0. The first-order chi connectivity index (χ1) is 7.76. The molecule has 0 fully saturated rings. The lowest BCUT2D eigenvalue weighted by molar-refractivity contribution is 0.867. The minimum absolute atomic E-state index is 1.04. The van der Waals surface area contributed by atoms with Gasteiger partial charge in [-0.1, -0.05) is 6.07 Å². The third-order valence-corrected chi connectivity index (χ3v) is 3.07. The van der Waals surface area contributed by atoms with Crippen LogP contribution in [0.4, 0.5) is 5.69 Å². The van der Waals surface area contributed by atoms with E-state index in [-0.39, 0.29) is 0 Å². The Balaban J connectivity index is 2.52. The van der Waals surface area contributed by atoms with Gasteiger partial charge in [0.15, 0.2) is 0 Å². The van der Waals surface area contributed by atoms with Crippen molar-refractivity contribution in [3.05, 3.63) is 36.0 Å². The van der Waals surface area contributed by atoms with E-state index in [1.54, 1.807) is 0 Å². The topological polar surface area (TPSA) is 16.1 Å². The van der Waals surface area contributed by atoms with Crippen molar-refractivity contribution in [2.24, 2.45) is 0 Å². The molecular formula is C14H18N2. The molecule has 1 aromatic carbocycles. The molecule has 0 aliphatic rings. The quantitative estimate of drug-likeness (QED) is 0.778. The lowest BCUT2D eigenvalue weighted by Gasteiger charge is -2.21. The second kappa shape index (κ2) is 4.52. The minimum atomic E-state index is 1.04. The number of anilines is 1. The van der Waals surface area contributed by atoms with Gasteiger partial charge in [0.1, 0.15) is 0 Å². The zero-order valence-corrected chi connectivity index (χ0v) is 10.2. The van der Waals surface area contributed by atoms with E-state index in [0.717, 1.165) is 18.6 Å². The van der Waals surface area contributed by atoms with E-state index in [1.807, 2.05) is 6.20 Å². The zero-order valence-electron chi connectivity index (χ0n) is 10.2. The van der Waals surface area contributed by atoms with Crippen LogP contribution in [0.25, 0.3) is 10.9 Å². The maximum Gasteiger partial charge on any atom is 0.0725 e. The van der Waals surface area contributed by atoms with Crippen LogP contribution < -0.4 is 4.90 Å². The number of aryl methyl sites for hydroxylation is 1. The van der Waals surface area contributed by atoms with Crippen LogP contribution in [0.5, 0.6) is 0 Å². The normalized spacial score (nSPS) is 10.7. The number of aromatic nitrogens is 1. The average Bonchev–Trinajstić information content (AvgIpc) is 2.31. The highest BCUT2D eigenvalue weighted by atomic mass is 15.1. The first kappa shape index (κ1) is 10.9. The van der Waals surface area contributed by atoms with Gasteiger partial charge in [-0.2, -0.15) is 0 Å². The number of fused-ring (bicyclic) bond motifs is 1. The van der Waals surface area contributed by atoms with Crippen molar-refractivity contribution in [3.63, 3.8) is 0 Å². The molecule has 0 saturated carbocycles. The first-order valence-electron chi connectivity index (χ1n) is 5.86. The van der Waals surface area contributed by atoms with Crippen LogP contribution in [0.15, 0.2) is 30.5 Å². The molecule has 2 rings (SSSR count). The van der Waals surface area contributed by atoms with E-state index in [4.69, 9.17) is 0 Å². The van der Waals surface area contributed by atoms with Gasteiger partial charge in [0, 0.05) is 30.4 Å². The molecule has 0 atom stereocenters. The molecule has 0 saturated heterocycles. The van der Waals surface area contributed by atoms with Crippen molar-refractivity contribution in [3.8, 4) is 0 Å². The van der Waals surface area contributed by atoms with Gasteiger partial charge in [0.25, 0.3) is 0 Å². The third kappa shape index (κ3) is 1.87. The predicted molar refractivity (Wildman–Crippen MR) is 70.0 cm³/mol. The maximum atomic E-state index is 4.43. The van der Waals surface area contributed by atoms with Gasteiger partial charge in [0.05, 0.1) is 5.52 Å². The number of rotatable bonds is 3. The molecule has 2 heteroatoms. The molecule has 0 aliphatic carbocycles. The molecule has 0 radical (unpaired) electrons. The first-order valence-corrected chi connectivity index (χ1v) is 5.86. The van der Waals surface area contributed by atoms with Gasteiger partial charge < -0.3 is 4.90 Å². The van der Waals surface area contributed by atoms with Crippen molar-refractivity contribution in [1.29, 1.82) is 0 Å². The zero-order chi connectivity index (χ0) is 11.5. The summed E-state index contributed by atoms with van der Waals surface area (Å²) in [7, 11) is 0. The standard InChI is InChI=1S/C14H18N2/c1-4-16(5-2)12-6-7-13-11(3)8-9-15-14(13)10-12/h6-10H,4-5H2,1-3H3. The molecule has 2 nitrogen and oxygen atoms in total. The Hall–Kier alpha value is -1.57. The summed E-state index contributed by atoms with van der Waals surface area (Å²) in [5, 5.41) is 1.25. The highest BCUT2D eigenvalue weighted by Crippen LogP contribution is 2.22. The molecule has 84 valence electrons. The van der Waals surface area contributed by atoms with Crippen LogP contribution in [0, 0.1) is 6.92 Å². The minimum Gasteiger partial charge on any atom is -0.372 e. The van der Waals surface area contributed by atoms with Crippen molar-refractivity contribution < 1.29 is 0 Å². The lowest BCUT2D eigenvalue weighted by Crippen LogP contribution is -2.21. The number of hydrogen-bond donors (Lipinski definition) is 0. The van der Waals surface area contributed by atoms with Crippen molar-refractivity contribution in [1.82, 2.24) is 4.98 Å². The lowest BCUT2D eigenvalue weighted by atomic mass is 10.1. The fourth-order valence-corrected chi connectivity index (χ4v) is 2.06. The Morgan fingerprint density at radius 2 is 1.88 bits per heavy atom. The van der Waals surface area contributed by atoms with Crippen LogP contribution in [-0.4, -0.2) is 18.1 Å². The van der Waals surface area contributed by atoms with Gasteiger partial charge in [0.2, 0.25) is 0 Å². The van der Waals surface area contributed by atoms with Gasteiger partial charge in [-0.05, 0) is 44.5 Å². The second-order valence-corrected chi connectivity index (χ2v) is 4.00. The third-order valence-electron chi connectivity index (χ3n) is 3.07. The summed E-state index contributed by atoms with van der Waals surface area (Å²) in [5.41, 5.74) is 3.64. The van der Waals surface area contributed by atoms with Gasteiger partial charge in [-0.3, -0.25) is 4.98 Å². The summed E-state index contributed by atoms with van der Waals surface area (Å²) in [5.74, 6) is 0. The van der Waals surface area contributed by atoms with Crippen molar-refractivity contribution >= 4 is 16.6 Å². The van der Waals surface area contributed by atoms with E-state index in [0.29, 0.717) is 0 Å². The number of hydrogen-bond acceptors (Lipinski definition) is 2. The van der Waals surface area contributed by atoms with Gasteiger partial charge in [-0.25, -0.2) is 0 Å². The molecule has 16 heavy (non-hydrogen) atoms. The Bertz CT molecular complexity index is 487. The molecule has 1 heterocycles. The van der Waals surface area contributed by atoms with E-state index in [9.17, 15) is 0 Å². The van der Waals surface area contributed by atoms with E-state index in [1.165, 1.54) is 16.6 Å². The largest absolute Gasteiger partial charge is 0.372 e. The highest BCUT2D eigenvalue weighted by Gasteiger charge is 2.04. The summed E-state index contributed by atoms with van der Waals surface area (Å²) in [6.07, 6.45) is 1.88. The molecule has 2 aromatic rings. The Labute approximate surface area is 96.9 Å². The Kier molecular flexibility index (Phi) is 3.09. The van der Waals surface area contributed by atoms with Gasteiger partial charge in [-0.15, -0.1) is 0 Å². The SMILES string of the molecule is CCN(CC)c1ccc2c(C)ccnc2c1.